The monoisotopic (exact) mass is 240 g/mol. The number of hydrogen-bond donors (Lipinski definition) is 1. The average Bonchev–Trinajstić information content (AvgIpc) is 2.32. The molecule has 1 fully saturated rings. The molecule has 17 heavy (non-hydrogen) atoms. The van der Waals surface area contributed by atoms with Gasteiger partial charge in [-0.2, -0.15) is 0 Å². The van der Waals surface area contributed by atoms with Crippen molar-refractivity contribution in [1.82, 2.24) is 10.2 Å². The predicted molar refractivity (Wildman–Crippen MR) is 67.4 cm³/mol. The number of hydrogen-bond acceptors (Lipinski definition) is 2. The fourth-order valence-electron chi connectivity index (χ4n) is 2.30. The van der Waals surface area contributed by atoms with Gasteiger partial charge in [-0.3, -0.25) is 9.59 Å². The van der Waals surface area contributed by atoms with Crippen molar-refractivity contribution in [3.63, 3.8) is 0 Å². The minimum Gasteiger partial charge on any atom is -0.343 e. The van der Waals surface area contributed by atoms with E-state index in [-0.39, 0.29) is 29.9 Å². The summed E-state index contributed by atoms with van der Waals surface area (Å²) in [6, 6.07) is -0.581. The Labute approximate surface area is 104 Å². The van der Waals surface area contributed by atoms with Crippen LogP contribution < -0.4 is 5.32 Å². The zero-order chi connectivity index (χ0) is 13.2. The van der Waals surface area contributed by atoms with Crippen LogP contribution in [0.5, 0.6) is 0 Å². The fraction of sp³-hybridized carbons (Fsp3) is 0.846. The van der Waals surface area contributed by atoms with E-state index in [9.17, 15) is 9.59 Å². The van der Waals surface area contributed by atoms with Crippen molar-refractivity contribution in [2.24, 2.45) is 5.92 Å². The molecule has 0 aromatic carbocycles. The highest BCUT2D eigenvalue weighted by atomic mass is 16.2. The number of amides is 2. The molecule has 1 heterocycles. The maximum atomic E-state index is 12.3. The zero-order valence-electron chi connectivity index (χ0n) is 11.5. The second-order valence-electron chi connectivity index (χ2n) is 5.02. The van der Waals surface area contributed by atoms with E-state index in [1.807, 2.05) is 13.8 Å². The van der Waals surface area contributed by atoms with Crippen LogP contribution in [0.2, 0.25) is 0 Å². The van der Waals surface area contributed by atoms with Crippen molar-refractivity contribution in [2.75, 3.05) is 0 Å². The smallest absolute Gasteiger partial charge is 0.246 e. The molecule has 0 aliphatic carbocycles. The van der Waals surface area contributed by atoms with Crippen LogP contribution in [0.4, 0.5) is 0 Å². The van der Waals surface area contributed by atoms with Crippen molar-refractivity contribution in [3.05, 3.63) is 0 Å². The fourth-order valence-corrected chi connectivity index (χ4v) is 2.30. The minimum absolute atomic E-state index is 0.0356. The van der Waals surface area contributed by atoms with Crippen LogP contribution in [0.25, 0.3) is 0 Å². The molecular formula is C13H24N2O2. The number of rotatable bonds is 4. The Balaban J connectivity index is 2.92. The van der Waals surface area contributed by atoms with Crippen molar-refractivity contribution >= 4 is 11.8 Å². The Morgan fingerprint density at radius 1 is 1.29 bits per heavy atom. The molecular weight excluding hydrogens is 216 g/mol. The number of carbonyl (C=O) groups excluding carboxylic acids is 2. The van der Waals surface area contributed by atoms with E-state index >= 15 is 0 Å². The summed E-state index contributed by atoms with van der Waals surface area (Å²) in [5, 5.41) is 2.78. The molecule has 0 aromatic rings. The number of nitrogens with one attached hydrogen (secondary N) is 1. The van der Waals surface area contributed by atoms with Gasteiger partial charge in [-0.15, -0.1) is 0 Å². The number of piperazine rings is 1. The van der Waals surface area contributed by atoms with Crippen molar-refractivity contribution in [2.45, 2.75) is 65.6 Å². The lowest BCUT2D eigenvalue weighted by molar-refractivity contribution is -0.152. The summed E-state index contributed by atoms with van der Waals surface area (Å²) in [6.45, 7) is 9.99. The molecule has 0 spiro atoms. The third kappa shape index (κ3) is 2.61. The molecule has 1 N–H and O–H groups in total. The van der Waals surface area contributed by atoms with Crippen LogP contribution >= 0.6 is 0 Å². The van der Waals surface area contributed by atoms with E-state index in [0.717, 1.165) is 6.42 Å². The van der Waals surface area contributed by atoms with Crippen LogP contribution in [0.3, 0.4) is 0 Å². The SMILES string of the molecule is CCC1NC(=O)C(C)N(C(C)C(C)CC)C1=O. The molecule has 1 rings (SSSR count). The first kappa shape index (κ1) is 14.0. The first-order valence-corrected chi connectivity index (χ1v) is 6.56. The van der Waals surface area contributed by atoms with Crippen LogP contribution in [0.1, 0.15) is 47.5 Å². The summed E-state index contributed by atoms with van der Waals surface area (Å²) in [5.74, 6) is 0.434. The molecule has 4 unspecified atom stereocenters. The van der Waals surface area contributed by atoms with Crippen LogP contribution in [0.15, 0.2) is 0 Å². The van der Waals surface area contributed by atoms with Gasteiger partial charge in [0.1, 0.15) is 12.1 Å². The summed E-state index contributed by atoms with van der Waals surface area (Å²) in [5.41, 5.74) is 0. The van der Waals surface area contributed by atoms with Gasteiger partial charge in [0.25, 0.3) is 0 Å². The van der Waals surface area contributed by atoms with Crippen molar-refractivity contribution < 1.29 is 9.59 Å². The lowest BCUT2D eigenvalue weighted by Gasteiger charge is -2.42. The molecule has 1 saturated heterocycles. The van der Waals surface area contributed by atoms with Gasteiger partial charge in [0.05, 0.1) is 0 Å². The second kappa shape index (κ2) is 5.52. The quantitative estimate of drug-likeness (QED) is 0.810. The largest absolute Gasteiger partial charge is 0.343 e. The minimum atomic E-state index is -0.353. The first-order valence-electron chi connectivity index (χ1n) is 6.56. The molecule has 98 valence electrons. The highest BCUT2D eigenvalue weighted by molar-refractivity contribution is 5.96. The summed E-state index contributed by atoms with van der Waals surface area (Å²) in [6.07, 6.45) is 1.66. The third-order valence-electron chi connectivity index (χ3n) is 3.98. The lowest BCUT2D eigenvalue weighted by atomic mass is 9.95. The molecule has 1 aliphatic heterocycles. The maximum absolute atomic E-state index is 12.3. The van der Waals surface area contributed by atoms with E-state index in [4.69, 9.17) is 0 Å². The highest BCUT2D eigenvalue weighted by Crippen LogP contribution is 2.21. The van der Waals surface area contributed by atoms with Gasteiger partial charge in [0.2, 0.25) is 11.8 Å². The van der Waals surface area contributed by atoms with Crippen LogP contribution in [-0.2, 0) is 9.59 Å². The lowest BCUT2D eigenvalue weighted by Crippen LogP contribution is -2.65. The molecule has 0 bridgehead atoms. The first-order chi connectivity index (χ1) is 7.93. The van der Waals surface area contributed by atoms with Gasteiger partial charge >= 0.3 is 0 Å². The standard InChI is InChI=1S/C13H24N2O2/c1-6-8(3)9(4)15-10(5)12(16)14-11(7-2)13(15)17/h8-11H,6-7H2,1-5H3,(H,14,16). The van der Waals surface area contributed by atoms with Crippen molar-refractivity contribution in [1.29, 1.82) is 0 Å². The zero-order valence-corrected chi connectivity index (χ0v) is 11.5. The van der Waals surface area contributed by atoms with Gasteiger partial charge in [0, 0.05) is 6.04 Å². The molecule has 1 aliphatic rings. The van der Waals surface area contributed by atoms with E-state index in [0.29, 0.717) is 12.3 Å². The van der Waals surface area contributed by atoms with Crippen LogP contribution in [0, 0.1) is 5.92 Å². The Morgan fingerprint density at radius 3 is 2.35 bits per heavy atom. The van der Waals surface area contributed by atoms with Gasteiger partial charge in [0.15, 0.2) is 0 Å². The van der Waals surface area contributed by atoms with Gasteiger partial charge in [-0.05, 0) is 26.2 Å². The number of nitrogens with zero attached hydrogens (tertiary/aromatic N) is 1. The third-order valence-corrected chi connectivity index (χ3v) is 3.98. The normalized spacial score (nSPS) is 28.9. The molecule has 0 saturated carbocycles. The average molecular weight is 240 g/mol. The van der Waals surface area contributed by atoms with E-state index < -0.39 is 0 Å². The summed E-state index contributed by atoms with van der Waals surface area (Å²) in [4.78, 5) is 25.9. The van der Waals surface area contributed by atoms with Gasteiger partial charge in [-0.25, -0.2) is 0 Å². The van der Waals surface area contributed by atoms with Crippen molar-refractivity contribution in [3.8, 4) is 0 Å². The van der Waals surface area contributed by atoms with E-state index in [1.54, 1.807) is 11.8 Å². The molecule has 4 atom stereocenters. The molecule has 4 heteroatoms. The summed E-state index contributed by atoms with van der Waals surface area (Å²) >= 11 is 0. The molecule has 0 aromatic heterocycles. The van der Waals surface area contributed by atoms with Gasteiger partial charge in [-0.1, -0.05) is 27.2 Å². The summed E-state index contributed by atoms with van der Waals surface area (Å²) in [7, 11) is 0. The van der Waals surface area contributed by atoms with Crippen LogP contribution in [-0.4, -0.2) is 34.8 Å². The Bertz CT molecular complexity index is 304. The predicted octanol–water partition coefficient (Wildman–Crippen LogP) is 1.55. The van der Waals surface area contributed by atoms with E-state index in [2.05, 4.69) is 19.2 Å². The Morgan fingerprint density at radius 2 is 1.88 bits per heavy atom. The molecule has 0 radical (unpaired) electrons. The summed E-state index contributed by atoms with van der Waals surface area (Å²) < 4.78 is 0. The van der Waals surface area contributed by atoms with Gasteiger partial charge < -0.3 is 10.2 Å². The number of carbonyl (C=O) groups is 2. The Hall–Kier alpha value is -1.06. The van der Waals surface area contributed by atoms with E-state index in [1.165, 1.54) is 0 Å². The second-order valence-corrected chi connectivity index (χ2v) is 5.02. The maximum Gasteiger partial charge on any atom is 0.246 e. The topological polar surface area (TPSA) is 49.4 Å². The Kier molecular flexibility index (Phi) is 4.54. The molecule has 2 amide bonds. The molecule has 4 nitrogen and oxygen atoms in total. The highest BCUT2D eigenvalue weighted by Gasteiger charge is 2.40.